The van der Waals surface area contributed by atoms with Crippen LogP contribution in [0, 0.1) is 0 Å². The summed E-state index contributed by atoms with van der Waals surface area (Å²) in [5, 5.41) is 0. The van der Waals surface area contributed by atoms with Gasteiger partial charge in [-0.05, 0) is 62.3 Å². The molecule has 0 radical (unpaired) electrons. The molecule has 0 rings (SSSR count). The highest BCUT2D eigenvalue weighted by atomic mass is 31.2. The predicted molar refractivity (Wildman–Crippen MR) is 123 cm³/mol. The van der Waals surface area contributed by atoms with E-state index in [1.54, 1.807) is 62.3 Å². The molecule has 13 heteroatoms. The van der Waals surface area contributed by atoms with Crippen molar-refractivity contribution in [2.45, 2.75) is 119 Å². The Labute approximate surface area is 205 Å². The minimum atomic E-state index is -1.98. The number of hydrogen-bond donors (Lipinski definition) is 0. The van der Waals surface area contributed by atoms with Gasteiger partial charge in [0.15, 0.2) is 56.6 Å². The quantitative estimate of drug-likeness (QED) is 0.158. The third-order valence-corrected chi connectivity index (χ3v) is 5.41. The van der Waals surface area contributed by atoms with Gasteiger partial charge in [0.2, 0.25) is 0 Å². The van der Waals surface area contributed by atoms with Crippen LogP contribution in [0.5, 0.6) is 0 Å². The summed E-state index contributed by atoms with van der Waals surface area (Å²) in [6, 6.07) is 0. The smallest absolute Gasteiger partial charge is 0.339 e. The van der Waals surface area contributed by atoms with E-state index < -0.39 is 65.2 Å². The molecule has 34 heavy (non-hydrogen) atoms. The molecule has 0 saturated heterocycles. The largest absolute Gasteiger partial charge is 0.356 e. The van der Waals surface area contributed by atoms with Gasteiger partial charge in [-0.15, -0.1) is 0 Å². The average molecular weight is 521 g/mol. The lowest BCUT2D eigenvalue weighted by molar-refractivity contribution is -0.277. The van der Waals surface area contributed by atoms with Gasteiger partial charge in [-0.3, -0.25) is 13.6 Å². The molecule has 0 saturated carbocycles. The first-order valence-electron chi connectivity index (χ1n) is 11.2. The zero-order chi connectivity index (χ0) is 26.3. The lowest BCUT2D eigenvalue weighted by Gasteiger charge is -2.29. The highest BCUT2D eigenvalue weighted by Crippen LogP contribution is 2.44. The second-order valence-corrected chi connectivity index (χ2v) is 8.25. The van der Waals surface area contributed by atoms with Crippen molar-refractivity contribution in [2.75, 3.05) is 21.3 Å². The zero-order valence-electron chi connectivity index (χ0n) is 22.5. The van der Waals surface area contributed by atoms with E-state index in [9.17, 15) is 0 Å². The minimum absolute atomic E-state index is 0.440. The highest BCUT2D eigenvalue weighted by Gasteiger charge is 2.27. The summed E-state index contributed by atoms with van der Waals surface area (Å²) in [7, 11) is 2.64. The van der Waals surface area contributed by atoms with Gasteiger partial charge in [-0.25, -0.2) is 0 Å². The third-order valence-electron chi connectivity index (χ3n) is 4.00. The highest BCUT2D eigenvalue weighted by molar-refractivity contribution is 7.41. The summed E-state index contributed by atoms with van der Waals surface area (Å²) < 4.78 is 66.3. The van der Waals surface area contributed by atoms with Gasteiger partial charge in [-0.1, -0.05) is 0 Å². The van der Waals surface area contributed by atoms with Crippen molar-refractivity contribution in [1.82, 2.24) is 0 Å². The molecule has 0 aliphatic carbocycles. The summed E-state index contributed by atoms with van der Waals surface area (Å²) >= 11 is 0. The molecule has 0 N–H and O–H groups in total. The summed E-state index contributed by atoms with van der Waals surface area (Å²) in [5.74, 6) is 0. The van der Waals surface area contributed by atoms with Crippen LogP contribution in [0.15, 0.2) is 0 Å². The average Bonchev–Trinajstić information content (AvgIpc) is 2.72. The van der Waals surface area contributed by atoms with E-state index in [1.165, 1.54) is 21.3 Å². The fourth-order valence-corrected chi connectivity index (χ4v) is 3.42. The first kappa shape index (κ1) is 34.0. The lowest BCUT2D eigenvalue weighted by atomic mass is 10.6. The molecular formula is C21H45O12P. The first-order valence-corrected chi connectivity index (χ1v) is 12.3. The Bertz CT molecular complexity index is 424. The van der Waals surface area contributed by atoms with Gasteiger partial charge in [0.1, 0.15) is 0 Å². The topological polar surface area (TPSA) is 111 Å². The van der Waals surface area contributed by atoms with Crippen LogP contribution in [0.2, 0.25) is 0 Å². The van der Waals surface area contributed by atoms with Gasteiger partial charge in [0, 0.05) is 21.3 Å². The van der Waals surface area contributed by atoms with Crippen molar-refractivity contribution in [1.29, 1.82) is 0 Å². The van der Waals surface area contributed by atoms with Crippen molar-refractivity contribution < 1.29 is 56.2 Å². The van der Waals surface area contributed by atoms with Gasteiger partial charge in [0.25, 0.3) is 0 Å². The molecule has 206 valence electrons. The van der Waals surface area contributed by atoms with Crippen LogP contribution in [-0.2, 0) is 56.2 Å². The molecule has 0 fully saturated rings. The standard InChI is InChI=1S/C21H45O12P/c1-13(22-10)25-16(4)28-19(7)31-34(32-20(8)29-17(5)26-14(2)23-11)33-21(9)30-18(6)27-15(3)24-12/h13-21H,1-12H3. The van der Waals surface area contributed by atoms with Crippen LogP contribution in [0.1, 0.15) is 62.3 Å². The molecule has 0 aliphatic heterocycles. The zero-order valence-corrected chi connectivity index (χ0v) is 23.4. The second-order valence-electron chi connectivity index (χ2n) is 7.17. The van der Waals surface area contributed by atoms with E-state index in [0.29, 0.717) is 0 Å². The minimum Gasteiger partial charge on any atom is -0.356 e. The summed E-state index contributed by atoms with van der Waals surface area (Å²) in [5.41, 5.74) is 0. The van der Waals surface area contributed by atoms with Crippen LogP contribution < -0.4 is 0 Å². The number of hydrogen-bond acceptors (Lipinski definition) is 12. The summed E-state index contributed by atoms with van der Waals surface area (Å²) in [6.45, 7) is 15.5. The first-order chi connectivity index (χ1) is 15.9. The Hall–Kier alpha value is -0.0500. The monoisotopic (exact) mass is 520 g/mol. The van der Waals surface area contributed by atoms with Gasteiger partial charge < -0.3 is 42.6 Å². The van der Waals surface area contributed by atoms with Crippen molar-refractivity contribution >= 4 is 8.60 Å². The van der Waals surface area contributed by atoms with Gasteiger partial charge >= 0.3 is 8.60 Å². The Kier molecular flexibility index (Phi) is 19.1. The van der Waals surface area contributed by atoms with E-state index in [4.69, 9.17) is 56.2 Å². The van der Waals surface area contributed by atoms with Crippen LogP contribution in [0.25, 0.3) is 0 Å². The van der Waals surface area contributed by atoms with Crippen LogP contribution in [0.3, 0.4) is 0 Å². The summed E-state index contributed by atoms with van der Waals surface area (Å²) in [6.07, 6.45) is -5.34. The molecule has 12 nitrogen and oxygen atoms in total. The molecule has 0 aromatic rings. The SMILES string of the molecule is COC(C)OC(C)OC(C)OP(OC(C)OC(C)OC(C)OC)OC(C)OC(C)OC(C)OC. The molecule has 0 amide bonds. The van der Waals surface area contributed by atoms with Crippen molar-refractivity contribution in [3.63, 3.8) is 0 Å². The molecule has 0 aromatic carbocycles. The maximum atomic E-state index is 5.83. The maximum Gasteiger partial charge on any atom is 0.339 e. The van der Waals surface area contributed by atoms with E-state index in [0.717, 1.165) is 0 Å². The fraction of sp³-hybridized carbons (Fsp3) is 1.00. The number of ether oxygens (including phenoxy) is 9. The predicted octanol–water partition coefficient (Wildman–Crippen LogP) is 4.42. The Morgan fingerprint density at radius 3 is 0.735 bits per heavy atom. The Balaban J connectivity index is 4.98. The fourth-order valence-electron chi connectivity index (χ4n) is 2.39. The van der Waals surface area contributed by atoms with Crippen LogP contribution in [-0.4, -0.2) is 77.9 Å². The van der Waals surface area contributed by atoms with E-state index >= 15 is 0 Å². The van der Waals surface area contributed by atoms with Crippen molar-refractivity contribution in [3.05, 3.63) is 0 Å². The van der Waals surface area contributed by atoms with E-state index in [-0.39, 0.29) is 0 Å². The molecule has 9 unspecified atom stereocenters. The van der Waals surface area contributed by atoms with E-state index in [2.05, 4.69) is 0 Å². The number of rotatable bonds is 21. The van der Waals surface area contributed by atoms with Crippen LogP contribution >= 0.6 is 8.60 Å². The van der Waals surface area contributed by atoms with Crippen molar-refractivity contribution in [3.8, 4) is 0 Å². The van der Waals surface area contributed by atoms with E-state index in [1.807, 2.05) is 0 Å². The lowest BCUT2D eigenvalue weighted by Crippen LogP contribution is -2.29. The maximum absolute atomic E-state index is 5.83. The van der Waals surface area contributed by atoms with Crippen LogP contribution in [0.4, 0.5) is 0 Å². The molecule has 0 aliphatic rings. The summed E-state index contributed by atoms with van der Waals surface area (Å²) in [4.78, 5) is 0. The number of methoxy groups -OCH3 is 3. The second kappa shape index (κ2) is 19.1. The Morgan fingerprint density at radius 1 is 0.324 bits per heavy atom. The van der Waals surface area contributed by atoms with Crippen molar-refractivity contribution in [2.24, 2.45) is 0 Å². The molecule has 0 bridgehead atoms. The van der Waals surface area contributed by atoms with Gasteiger partial charge in [0.05, 0.1) is 0 Å². The molecule has 0 aromatic heterocycles. The molecule has 0 heterocycles. The normalized spacial score (nSPS) is 21.2. The molecule has 0 spiro atoms. The van der Waals surface area contributed by atoms with Gasteiger partial charge in [-0.2, -0.15) is 0 Å². The Morgan fingerprint density at radius 2 is 0.529 bits per heavy atom. The third kappa shape index (κ3) is 17.4. The molecular weight excluding hydrogens is 475 g/mol. The molecule has 9 atom stereocenters.